The lowest BCUT2D eigenvalue weighted by Crippen LogP contribution is -2.11. The van der Waals surface area contributed by atoms with E-state index >= 15 is 0 Å². The van der Waals surface area contributed by atoms with Crippen molar-refractivity contribution in [2.75, 3.05) is 11.6 Å². The van der Waals surface area contributed by atoms with Gasteiger partial charge in [0.25, 0.3) is 0 Å². The van der Waals surface area contributed by atoms with Gasteiger partial charge in [0, 0.05) is 25.2 Å². The van der Waals surface area contributed by atoms with Gasteiger partial charge in [0.05, 0.1) is 5.69 Å². The lowest BCUT2D eigenvalue weighted by molar-refractivity contribution is 0.920. The molecule has 3 nitrogen and oxygen atoms in total. The molecule has 1 heterocycles. The highest BCUT2D eigenvalue weighted by molar-refractivity contribution is 5.85. The first-order valence-electron chi connectivity index (χ1n) is 4.90. The maximum Gasteiger partial charge on any atom is 0.0594 e. The van der Waals surface area contributed by atoms with Crippen molar-refractivity contribution in [3.05, 3.63) is 29.8 Å². The van der Waals surface area contributed by atoms with Crippen molar-refractivity contribution < 1.29 is 0 Å². The van der Waals surface area contributed by atoms with Crippen molar-refractivity contribution in [3.63, 3.8) is 0 Å². The lowest BCUT2D eigenvalue weighted by atomic mass is 10.2. The Balaban J connectivity index is 2.17. The van der Waals surface area contributed by atoms with Crippen LogP contribution in [-0.2, 0) is 6.54 Å². The Kier molecular flexibility index (Phi) is 2.50. The number of anilines is 1. The third-order valence-corrected chi connectivity index (χ3v) is 2.45. The molecule has 0 saturated carbocycles. The second-order valence-electron chi connectivity index (χ2n) is 3.58. The zero-order valence-corrected chi connectivity index (χ0v) is 8.40. The molecule has 2 rings (SSSR count). The molecule has 0 amide bonds. The van der Waals surface area contributed by atoms with Gasteiger partial charge in [-0.25, -0.2) is 0 Å². The van der Waals surface area contributed by atoms with Crippen LogP contribution in [-0.4, -0.2) is 12.3 Å². The van der Waals surface area contributed by atoms with Crippen molar-refractivity contribution in [1.29, 1.82) is 0 Å². The first kappa shape index (κ1) is 9.21. The fraction of sp³-hybridized carbons (Fsp3) is 0.364. The van der Waals surface area contributed by atoms with E-state index in [1.165, 1.54) is 5.71 Å². The summed E-state index contributed by atoms with van der Waals surface area (Å²) in [7, 11) is 0. The highest BCUT2D eigenvalue weighted by atomic mass is 15.5. The molecule has 0 unspecified atom stereocenters. The number of nitrogens with two attached hydrogens (primary N) is 1. The highest BCUT2D eigenvalue weighted by Crippen LogP contribution is 2.19. The Bertz CT molecular complexity index is 340. The summed E-state index contributed by atoms with van der Waals surface area (Å²) < 4.78 is 0. The van der Waals surface area contributed by atoms with Gasteiger partial charge in [0.1, 0.15) is 0 Å². The largest absolute Gasteiger partial charge is 0.326 e. The van der Waals surface area contributed by atoms with E-state index in [0.29, 0.717) is 6.54 Å². The highest BCUT2D eigenvalue weighted by Gasteiger charge is 2.11. The van der Waals surface area contributed by atoms with Crippen LogP contribution < -0.4 is 10.7 Å². The maximum atomic E-state index is 5.53. The Morgan fingerprint density at radius 1 is 1.36 bits per heavy atom. The summed E-state index contributed by atoms with van der Waals surface area (Å²) in [5.41, 5.74) is 9.05. The molecule has 0 aromatic heterocycles. The van der Waals surface area contributed by atoms with Crippen molar-refractivity contribution in [2.24, 2.45) is 10.8 Å². The molecule has 3 heteroatoms. The number of nitrogens with zero attached hydrogens (tertiary/aromatic N) is 2. The Labute approximate surface area is 84.2 Å². The molecule has 0 aliphatic carbocycles. The zero-order chi connectivity index (χ0) is 9.97. The van der Waals surface area contributed by atoms with Crippen LogP contribution in [0.15, 0.2) is 29.4 Å². The molecule has 0 bridgehead atoms. The molecule has 0 atom stereocenters. The zero-order valence-electron chi connectivity index (χ0n) is 8.40. The van der Waals surface area contributed by atoms with Crippen LogP contribution >= 0.6 is 0 Å². The molecule has 1 aliphatic rings. The summed E-state index contributed by atoms with van der Waals surface area (Å²) in [6, 6.07) is 8.26. The third kappa shape index (κ3) is 1.77. The average Bonchev–Trinajstić information content (AvgIpc) is 2.65. The fourth-order valence-corrected chi connectivity index (χ4v) is 1.56. The predicted octanol–water partition coefficient (Wildman–Crippen LogP) is 1.73. The molecule has 1 aromatic rings. The average molecular weight is 189 g/mol. The van der Waals surface area contributed by atoms with Crippen molar-refractivity contribution in [2.45, 2.75) is 19.9 Å². The summed E-state index contributed by atoms with van der Waals surface area (Å²) in [6.45, 7) is 3.66. The van der Waals surface area contributed by atoms with E-state index in [4.69, 9.17) is 5.73 Å². The molecule has 0 fully saturated rings. The van der Waals surface area contributed by atoms with E-state index < -0.39 is 0 Å². The summed E-state index contributed by atoms with van der Waals surface area (Å²) in [5.74, 6) is 0. The molecule has 2 N–H and O–H groups in total. The van der Waals surface area contributed by atoms with Crippen LogP contribution in [0.2, 0.25) is 0 Å². The van der Waals surface area contributed by atoms with Gasteiger partial charge in [-0.15, -0.1) is 0 Å². The third-order valence-electron chi connectivity index (χ3n) is 2.45. The van der Waals surface area contributed by atoms with Gasteiger partial charge >= 0.3 is 0 Å². The lowest BCUT2D eigenvalue weighted by Gasteiger charge is -2.13. The quantitative estimate of drug-likeness (QED) is 0.769. The van der Waals surface area contributed by atoms with Crippen LogP contribution in [0.5, 0.6) is 0 Å². The van der Waals surface area contributed by atoms with E-state index in [-0.39, 0.29) is 0 Å². The SMILES string of the molecule is CC1=NN(c2ccc(CN)cc2)CC1. The van der Waals surface area contributed by atoms with E-state index in [0.717, 1.165) is 24.2 Å². The van der Waals surface area contributed by atoms with Crippen LogP contribution in [0.3, 0.4) is 0 Å². The molecule has 0 saturated heterocycles. The number of hydrogen-bond donors (Lipinski definition) is 1. The van der Waals surface area contributed by atoms with Crippen molar-refractivity contribution in [1.82, 2.24) is 0 Å². The van der Waals surface area contributed by atoms with Crippen molar-refractivity contribution in [3.8, 4) is 0 Å². The fourth-order valence-electron chi connectivity index (χ4n) is 1.56. The van der Waals surface area contributed by atoms with Gasteiger partial charge in [0.15, 0.2) is 0 Å². The molecular formula is C11H15N3. The summed E-state index contributed by atoms with van der Waals surface area (Å²) in [5, 5.41) is 6.47. The van der Waals surface area contributed by atoms with Gasteiger partial charge < -0.3 is 5.73 Å². The topological polar surface area (TPSA) is 41.6 Å². The Morgan fingerprint density at radius 2 is 2.07 bits per heavy atom. The molecular weight excluding hydrogens is 174 g/mol. The van der Waals surface area contributed by atoms with Crippen LogP contribution in [0.4, 0.5) is 5.69 Å². The van der Waals surface area contributed by atoms with E-state index in [1.807, 2.05) is 5.01 Å². The van der Waals surface area contributed by atoms with Gasteiger partial charge in [0.2, 0.25) is 0 Å². The van der Waals surface area contributed by atoms with Gasteiger partial charge in [-0.2, -0.15) is 5.10 Å². The smallest absolute Gasteiger partial charge is 0.0594 e. The first-order chi connectivity index (χ1) is 6.79. The summed E-state index contributed by atoms with van der Waals surface area (Å²) in [4.78, 5) is 0. The number of benzene rings is 1. The van der Waals surface area contributed by atoms with Crippen molar-refractivity contribution >= 4 is 11.4 Å². The normalized spacial score (nSPS) is 15.9. The molecule has 0 radical (unpaired) electrons. The minimum absolute atomic E-state index is 0.600. The Morgan fingerprint density at radius 3 is 2.57 bits per heavy atom. The Hall–Kier alpha value is -1.35. The number of rotatable bonds is 2. The van der Waals surface area contributed by atoms with Gasteiger partial charge in [-0.1, -0.05) is 12.1 Å². The molecule has 74 valence electrons. The van der Waals surface area contributed by atoms with E-state index in [2.05, 4.69) is 36.3 Å². The van der Waals surface area contributed by atoms with E-state index in [9.17, 15) is 0 Å². The van der Waals surface area contributed by atoms with Crippen LogP contribution in [0.1, 0.15) is 18.9 Å². The van der Waals surface area contributed by atoms with Gasteiger partial charge in [-0.3, -0.25) is 5.01 Å². The maximum absolute atomic E-state index is 5.53. The molecule has 14 heavy (non-hydrogen) atoms. The van der Waals surface area contributed by atoms with E-state index in [1.54, 1.807) is 0 Å². The molecule has 1 aliphatic heterocycles. The van der Waals surface area contributed by atoms with Crippen LogP contribution in [0.25, 0.3) is 0 Å². The summed E-state index contributed by atoms with van der Waals surface area (Å²) in [6.07, 6.45) is 1.07. The number of hydrazone groups is 1. The first-order valence-corrected chi connectivity index (χ1v) is 4.90. The molecule has 0 spiro atoms. The molecule has 1 aromatic carbocycles. The monoisotopic (exact) mass is 189 g/mol. The van der Waals surface area contributed by atoms with Crippen LogP contribution in [0, 0.1) is 0 Å². The predicted molar refractivity (Wildman–Crippen MR) is 59.4 cm³/mol. The minimum Gasteiger partial charge on any atom is -0.326 e. The summed E-state index contributed by atoms with van der Waals surface area (Å²) >= 11 is 0. The van der Waals surface area contributed by atoms with Gasteiger partial charge in [-0.05, 0) is 24.6 Å². The standard InChI is InChI=1S/C11H15N3/c1-9-6-7-14(13-9)11-4-2-10(8-12)3-5-11/h2-5H,6-8,12H2,1H3. The second kappa shape index (κ2) is 3.80. The second-order valence-corrected chi connectivity index (χ2v) is 3.58. The number of hydrogen-bond acceptors (Lipinski definition) is 3. The minimum atomic E-state index is 0.600.